The minimum Gasteiger partial charge on any atom is -0.481 e. The summed E-state index contributed by atoms with van der Waals surface area (Å²) in [7, 11) is 0. The maximum atomic E-state index is 12.7. The third kappa shape index (κ3) is 5.92. The van der Waals surface area contributed by atoms with E-state index in [1.165, 1.54) is 0 Å². The fourth-order valence-corrected chi connectivity index (χ4v) is 4.04. The summed E-state index contributed by atoms with van der Waals surface area (Å²) in [4.78, 5) is 36.3. The van der Waals surface area contributed by atoms with Crippen LogP contribution in [0.15, 0.2) is 48.5 Å². The number of nitrogens with one attached hydrogen (secondary N) is 2. The lowest BCUT2D eigenvalue weighted by Crippen LogP contribution is -2.53. The number of rotatable bonds is 9. The number of carboxylic acid groups (broad SMARTS) is 1. The molecular formula is C26H28N2O5. The van der Waals surface area contributed by atoms with Crippen molar-refractivity contribution in [3.63, 3.8) is 0 Å². The standard InChI is InChI=1S/C26H28N2O5/c1-4-15-26(2,3)28-24(31)22(13-14-23(29)30)27-25(32)33-16-21-19-11-7-5-9-17(19)18-10-6-8-12-20(18)21/h1,5-12,21-22H,13-16H2,2-3H3,(H,27,32)(H,28,31)(H,29,30). The van der Waals surface area contributed by atoms with E-state index < -0.39 is 29.6 Å². The van der Waals surface area contributed by atoms with Gasteiger partial charge < -0.3 is 20.5 Å². The third-order valence-electron chi connectivity index (χ3n) is 5.60. The molecule has 1 aliphatic carbocycles. The number of ether oxygens (including phenoxy) is 1. The second-order valence-electron chi connectivity index (χ2n) is 8.71. The molecule has 0 heterocycles. The fraction of sp³-hybridized carbons (Fsp3) is 0.346. The molecule has 2 amide bonds. The third-order valence-corrected chi connectivity index (χ3v) is 5.60. The van der Waals surface area contributed by atoms with E-state index >= 15 is 0 Å². The van der Waals surface area contributed by atoms with E-state index in [2.05, 4.69) is 16.6 Å². The highest BCUT2D eigenvalue weighted by atomic mass is 16.5. The molecule has 7 heteroatoms. The van der Waals surface area contributed by atoms with Crippen LogP contribution in [0.1, 0.15) is 50.2 Å². The Kier molecular flexibility index (Phi) is 7.39. The Morgan fingerprint density at radius 2 is 1.67 bits per heavy atom. The Hall–Kier alpha value is -3.79. The van der Waals surface area contributed by atoms with Crippen molar-refractivity contribution in [2.24, 2.45) is 0 Å². The van der Waals surface area contributed by atoms with E-state index in [0.717, 1.165) is 22.3 Å². The Morgan fingerprint density at radius 3 is 2.21 bits per heavy atom. The maximum Gasteiger partial charge on any atom is 0.407 e. The highest BCUT2D eigenvalue weighted by molar-refractivity contribution is 5.86. The normalized spacial score (nSPS) is 13.2. The van der Waals surface area contributed by atoms with Crippen LogP contribution in [0.4, 0.5) is 4.79 Å². The first-order chi connectivity index (χ1) is 15.7. The number of hydrogen-bond donors (Lipinski definition) is 3. The minimum absolute atomic E-state index is 0.0719. The molecule has 0 spiro atoms. The lowest BCUT2D eigenvalue weighted by molar-refractivity contribution is -0.137. The van der Waals surface area contributed by atoms with Crippen molar-refractivity contribution in [2.45, 2.75) is 50.6 Å². The minimum atomic E-state index is -1.06. The van der Waals surface area contributed by atoms with Crippen molar-refractivity contribution < 1.29 is 24.2 Å². The molecule has 0 aromatic heterocycles. The van der Waals surface area contributed by atoms with Crippen LogP contribution in [-0.2, 0) is 14.3 Å². The molecule has 0 saturated carbocycles. The number of fused-ring (bicyclic) bond motifs is 3. The van der Waals surface area contributed by atoms with Crippen molar-refractivity contribution in [3.05, 3.63) is 59.7 Å². The molecule has 0 fully saturated rings. The lowest BCUT2D eigenvalue weighted by Gasteiger charge is -2.27. The summed E-state index contributed by atoms with van der Waals surface area (Å²) in [5.74, 6) is 0.795. The van der Waals surface area contributed by atoms with E-state index in [-0.39, 0.29) is 31.8 Å². The smallest absolute Gasteiger partial charge is 0.407 e. The Morgan fingerprint density at radius 1 is 1.09 bits per heavy atom. The summed E-state index contributed by atoms with van der Waals surface area (Å²) in [5, 5.41) is 14.3. The Balaban J connectivity index is 1.67. The van der Waals surface area contributed by atoms with Gasteiger partial charge in [0.2, 0.25) is 5.91 Å². The van der Waals surface area contributed by atoms with Crippen LogP contribution < -0.4 is 10.6 Å². The van der Waals surface area contributed by atoms with Gasteiger partial charge in [-0.3, -0.25) is 9.59 Å². The zero-order valence-electron chi connectivity index (χ0n) is 18.8. The van der Waals surface area contributed by atoms with Crippen LogP contribution in [0.2, 0.25) is 0 Å². The van der Waals surface area contributed by atoms with E-state index in [1.807, 2.05) is 48.5 Å². The number of terminal acetylenes is 1. The number of hydrogen-bond acceptors (Lipinski definition) is 4. The van der Waals surface area contributed by atoms with Crippen LogP contribution >= 0.6 is 0 Å². The van der Waals surface area contributed by atoms with Gasteiger partial charge in [0.15, 0.2) is 0 Å². The molecule has 0 bridgehead atoms. The topological polar surface area (TPSA) is 105 Å². The summed E-state index contributed by atoms with van der Waals surface area (Å²) in [6, 6.07) is 14.9. The predicted octanol–water partition coefficient (Wildman–Crippen LogP) is 3.68. The van der Waals surface area contributed by atoms with Crippen molar-refractivity contribution in [2.75, 3.05) is 6.61 Å². The molecule has 1 aliphatic rings. The number of carboxylic acids is 1. The second-order valence-corrected chi connectivity index (χ2v) is 8.71. The number of benzene rings is 2. The number of aliphatic carboxylic acids is 1. The van der Waals surface area contributed by atoms with Gasteiger partial charge in [0.05, 0.1) is 0 Å². The lowest BCUT2D eigenvalue weighted by atomic mass is 9.98. The first-order valence-electron chi connectivity index (χ1n) is 10.8. The van der Waals surface area contributed by atoms with Gasteiger partial charge in [0.25, 0.3) is 0 Å². The van der Waals surface area contributed by atoms with Gasteiger partial charge in [-0.1, -0.05) is 48.5 Å². The Labute approximate surface area is 193 Å². The van der Waals surface area contributed by atoms with Crippen molar-refractivity contribution in [1.29, 1.82) is 0 Å². The van der Waals surface area contributed by atoms with Gasteiger partial charge in [-0.2, -0.15) is 0 Å². The molecule has 1 atom stereocenters. The maximum absolute atomic E-state index is 12.7. The molecule has 172 valence electrons. The highest BCUT2D eigenvalue weighted by Crippen LogP contribution is 2.44. The fourth-order valence-electron chi connectivity index (χ4n) is 4.04. The number of alkyl carbamates (subject to hydrolysis) is 1. The monoisotopic (exact) mass is 448 g/mol. The first-order valence-corrected chi connectivity index (χ1v) is 10.8. The largest absolute Gasteiger partial charge is 0.481 e. The summed E-state index contributed by atoms with van der Waals surface area (Å²) in [6.07, 6.45) is 4.50. The zero-order valence-corrected chi connectivity index (χ0v) is 18.8. The molecule has 2 aromatic carbocycles. The van der Waals surface area contributed by atoms with Gasteiger partial charge in [-0.05, 0) is 42.5 Å². The molecule has 0 aliphatic heterocycles. The van der Waals surface area contributed by atoms with Gasteiger partial charge in [0.1, 0.15) is 12.6 Å². The summed E-state index contributed by atoms with van der Waals surface area (Å²) >= 11 is 0. The van der Waals surface area contributed by atoms with Crippen molar-refractivity contribution in [1.82, 2.24) is 10.6 Å². The number of amides is 2. The number of carbonyl (C=O) groups excluding carboxylic acids is 2. The second kappa shape index (κ2) is 10.2. The van der Waals surface area contributed by atoms with Gasteiger partial charge in [-0.25, -0.2) is 4.79 Å². The molecule has 3 N–H and O–H groups in total. The van der Waals surface area contributed by atoms with Crippen molar-refractivity contribution in [3.8, 4) is 23.5 Å². The number of carbonyl (C=O) groups is 3. The molecule has 7 nitrogen and oxygen atoms in total. The molecule has 3 rings (SSSR count). The van der Waals surface area contributed by atoms with E-state index in [1.54, 1.807) is 13.8 Å². The quantitative estimate of drug-likeness (QED) is 0.508. The van der Waals surface area contributed by atoms with Gasteiger partial charge >= 0.3 is 12.1 Å². The molecule has 0 saturated heterocycles. The highest BCUT2D eigenvalue weighted by Gasteiger charge is 2.31. The summed E-state index contributed by atoms with van der Waals surface area (Å²) < 4.78 is 5.49. The molecule has 33 heavy (non-hydrogen) atoms. The van der Waals surface area contributed by atoms with Crippen LogP contribution in [0.3, 0.4) is 0 Å². The van der Waals surface area contributed by atoms with Crippen LogP contribution in [0, 0.1) is 12.3 Å². The molecule has 0 radical (unpaired) electrons. The zero-order chi connectivity index (χ0) is 24.0. The van der Waals surface area contributed by atoms with Gasteiger partial charge in [-0.15, -0.1) is 12.3 Å². The van der Waals surface area contributed by atoms with Crippen LogP contribution in [0.25, 0.3) is 11.1 Å². The summed E-state index contributed by atoms with van der Waals surface area (Å²) in [5.41, 5.74) is 3.66. The molecule has 1 unspecified atom stereocenters. The average molecular weight is 449 g/mol. The van der Waals surface area contributed by atoms with E-state index in [4.69, 9.17) is 16.3 Å². The predicted molar refractivity (Wildman–Crippen MR) is 125 cm³/mol. The van der Waals surface area contributed by atoms with Gasteiger partial charge in [0, 0.05) is 24.3 Å². The van der Waals surface area contributed by atoms with E-state index in [0.29, 0.717) is 0 Å². The Bertz CT molecular complexity index is 1040. The van der Waals surface area contributed by atoms with E-state index in [9.17, 15) is 14.4 Å². The first kappa shape index (κ1) is 23.9. The SMILES string of the molecule is C#CCC(C)(C)NC(=O)C(CCC(=O)O)NC(=O)OCC1c2ccccc2-c2ccccc21. The summed E-state index contributed by atoms with van der Waals surface area (Å²) in [6.45, 7) is 3.61. The van der Waals surface area contributed by atoms with Crippen LogP contribution in [-0.4, -0.2) is 41.3 Å². The molecular weight excluding hydrogens is 420 g/mol. The van der Waals surface area contributed by atoms with Crippen molar-refractivity contribution >= 4 is 18.0 Å². The average Bonchev–Trinajstić information content (AvgIpc) is 3.08. The molecule has 2 aromatic rings. The van der Waals surface area contributed by atoms with Crippen LogP contribution in [0.5, 0.6) is 0 Å².